The number of aliphatic carboxylic acids is 1. The molecule has 0 bridgehead atoms. The maximum absolute atomic E-state index is 10.8. The van der Waals surface area contributed by atoms with Gasteiger partial charge in [-0.05, 0) is 12.1 Å². The van der Waals surface area contributed by atoms with Gasteiger partial charge >= 0.3 is 11.7 Å². The van der Waals surface area contributed by atoms with Gasteiger partial charge in [0.2, 0.25) is 11.5 Å². The van der Waals surface area contributed by atoms with E-state index in [-0.39, 0.29) is 30.2 Å². The average Bonchev–Trinajstić information content (AvgIpc) is 2.27. The maximum Gasteiger partial charge on any atom is 0.352 e. The molecule has 1 aromatic carbocycles. The SMILES string of the molecule is COc1cccc(OCCC(=O)O)c1[N+](=O)[O-]. The van der Waals surface area contributed by atoms with E-state index in [0.29, 0.717) is 0 Å². The van der Waals surface area contributed by atoms with E-state index in [4.69, 9.17) is 14.6 Å². The van der Waals surface area contributed by atoms with Crippen LogP contribution < -0.4 is 9.47 Å². The van der Waals surface area contributed by atoms with E-state index >= 15 is 0 Å². The minimum absolute atomic E-state index is 0.00407. The van der Waals surface area contributed by atoms with Crippen molar-refractivity contribution < 1.29 is 24.3 Å². The number of carbonyl (C=O) groups is 1. The third kappa shape index (κ3) is 3.33. The Morgan fingerprint density at radius 1 is 1.47 bits per heavy atom. The summed E-state index contributed by atoms with van der Waals surface area (Å²) in [5.74, 6) is -0.964. The van der Waals surface area contributed by atoms with Crippen LogP contribution in [0.15, 0.2) is 18.2 Å². The second-order valence-electron chi connectivity index (χ2n) is 3.06. The van der Waals surface area contributed by atoms with Crippen molar-refractivity contribution in [1.82, 2.24) is 0 Å². The van der Waals surface area contributed by atoms with Crippen molar-refractivity contribution in [2.45, 2.75) is 6.42 Å². The first-order valence-electron chi connectivity index (χ1n) is 4.72. The van der Waals surface area contributed by atoms with Gasteiger partial charge < -0.3 is 14.6 Å². The smallest absolute Gasteiger partial charge is 0.352 e. The van der Waals surface area contributed by atoms with Crippen LogP contribution in [0.25, 0.3) is 0 Å². The van der Waals surface area contributed by atoms with Crippen molar-refractivity contribution >= 4 is 11.7 Å². The minimum atomic E-state index is -1.03. The number of nitrogens with zero attached hydrogens (tertiary/aromatic N) is 1. The second kappa shape index (κ2) is 5.69. The van der Waals surface area contributed by atoms with Gasteiger partial charge in [-0.25, -0.2) is 0 Å². The van der Waals surface area contributed by atoms with Gasteiger partial charge in [-0.3, -0.25) is 14.9 Å². The van der Waals surface area contributed by atoms with Gasteiger partial charge in [0.25, 0.3) is 0 Å². The molecule has 0 saturated carbocycles. The topological polar surface area (TPSA) is 98.9 Å². The first-order valence-corrected chi connectivity index (χ1v) is 4.72. The van der Waals surface area contributed by atoms with Crippen molar-refractivity contribution in [2.75, 3.05) is 13.7 Å². The molecular formula is C10H11NO6. The van der Waals surface area contributed by atoms with Gasteiger partial charge in [0.05, 0.1) is 25.1 Å². The number of rotatable bonds is 6. The van der Waals surface area contributed by atoms with Crippen molar-refractivity contribution in [2.24, 2.45) is 0 Å². The first kappa shape index (κ1) is 12.8. The lowest BCUT2D eigenvalue weighted by molar-refractivity contribution is -0.386. The van der Waals surface area contributed by atoms with Crippen molar-refractivity contribution in [3.8, 4) is 11.5 Å². The molecule has 0 aromatic heterocycles. The molecule has 1 rings (SSSR count). The summed E-state index contributed by atoms with van der Waals surface area (Å²) in [5.41, 5.74) is -0.305. The summed E-state index contributed by atoms with van der Waals surface area (Å²) in [6.45, 7) is -0.136. The largest absolute Gasteiger partial charge is 0.490 e. The number of benzene rings is 1. The summed E-state index contributed by atoms with van der Waals surface area (Å²) in [6, 6.07) is 4.35. The molecule has 0 aliphatic rings. The van der Waals surface area contributed by atoms with E-state index < -0.39 is 10.9 Å². The van der Waals surface area contributed by atoms with Crippen LogP contribution in [0.4, 0.5) is 5.69 Å². The Balaban J connectivity index is 2.90. The minimum Gasteiger partial charge on any atom is -0.490 e. The van der Waals surface area contributed by atoms with Crippen molar-refractivity contribution in [3.63, 3.8) is 0 Å². The molecule has 92 valence electrons. The maximum atomic E-state index is 10.8. The molecule has 17 heavy (non-hydrogen) atoms. The first-order chi connectivity index (χ1) is 8.06. The van der Waals surface area contributed by atoms with Crippen LogP contribution in [-0.4, -0.2) is 29.7 Å². The van der Waals surface area contributed by atoms with Gasteiger partial charge in [-0.15, -0.1) is 0 Å². The van der Waals surface area contributed by atoms with E-state index in [1.807, 2.05) is 0 Å². The van der Waals surface area contributed by atoms with Crippen LogP contribution >= 0.6 is 0 Å². The third-order valence-corrected chi connectivity index (χ3v) is 1.94. The number of ether oxygens (including phenoxy) is 2. The molecule has 0 aliphatic carbocycles. The summed E-state index contributed by atoms with van der Waals surface area (Å²) in [5, 5.41) is 19.3. The summed E-state index contributed by atoms with van der Waals surface area (Å²) >= 11 is 0. The second-order valence-corrected chi connectivity index (χ2v) is 3.06. The standard InChI is InChI=1S/C10H11NO6/c1-16-7-3-2-4-8(10(7)11(14)15)17-6-5-9(12)13/h2-4H,5-6H2,1H3,(H,12,13). The Kier molecular flexibility index (Phi) is 4.27. The molecule has 0 heterocycles. The summed E-state index contributed by atoms with van der Waals surface area (Å²) in [7, 11) is 1.31. The van der Waals surface area contributed by atoms with Crippen molar-refractivity contribution in [1.29, 1.82) is 0 Å². The molecular weight excluding hydrogens is 230 g/mol. The van der Waals surface area contributed by atoms with E-state index in [9.17, 15) is 14.9 Å². The fourth-order valence-electron chi connectivity index (χ4n) is 1.21. The highest BCUT2D eigenvalue weighted by Crippen LogP contribution is 2.36. The summed E-state index contributed by atoms with van der Waals surface area (Å²) in [6.07, 6.45) is -0.228. The van der Waals surface area contributed by atoms with E-state index in [1.165, 1.54) is 25.3 Å². The zero-order valence-corrected chi connectivity index (χ0v) is 9.08. The number of hydrogen-bond donors (Lipinski definition) is 1. The van der Waals surface area contributed by atoms with Gasteiger partial charge in [0.1, 0.15) is 0 Å². The number of nitro benzene ring substituents is 1. The Labute approximate surface area is 96.7 Å². The van der Waals surface area contributed by atoms with E-state index in [1.54, 1.807) is 0 Å². The van der Waals surface area contributed by atoms with Gasteiger partial charge in [0, 0.05) is 0 Å². The molecule has 0 unspecified atom stereocenters. The van der Waals surface area contributed by atoms with Crippen LogP contribution in [0, 0.1) is 10.1 Å². The molecule has 0 amide bonds. The molecule has 0 spiro atoms. The normalized spacial score (nSPS) is 9.71. The molecule has 0 aliphatic heterocycles. The zero-order chi connectivity index (χ0) is 12.8. The molecule has 0 atom stereocenters. The van der Waals surface area contributed by atoms with Gasteiger partial charge in [-0.1, -0.05) is 6.07 Å². The molecule has 0 saturated heterocycles. The number of carboxylic acid groups (broad SMARTS) is 1. The Morgan fingerprint density at radius 3 is 2.65 bits per heavy atom. The van der Waals surface area contributed by atoms with Crippen LogP contribution in [0.3, 0.4) is 0 Å². The molecule has 1 aromatic rings. The number of methoxy groups -OCH3 is 1. The molecule has 0 fully saturated rings. The number of carboxylic acids is 1. The Morgan fingerprint density at radius 2 is 2.12 bits per heavy atom. The fourth-order valence-corrected chi connectivity index (χ4v) is 1.21. The van der Waals surface area contributed by atoms with Crippen LogP contribution in [0.1, 0.15) is 6.42 Å². The number of para-hydroxylation sites is 1. The summed E-state index contributed by atoms with van der Waals surface area (Å²) in [4.78, 5) is 20.5. The van der Waals surface area contributed by atoms with Crippen LogP contribution in [-0.2, 0) is 4.79 Å². The zero-order valence-electron chi connectivity index (χ0n) is 9.08. The number of nitro groups is 1. The highest BCUT2D eigenvalue weighted by atomic mass is 16.6. The third-order valence-electron chi connectivity index (χ3n) is 1.94. The van der Waals surface area contributed by atoms with Crippen LogP contribution in [0.5, 0.6) is 11.5 Å². The molecule has 1 N–H and O–H groups in total. The Bertz CT molecular complexity index is 431. The lowest BCUT2D eigenvalue weighted by Crippen LogP contribution is -2.06. The Hall–Kier alpha value is -2.31. The van der Waals surface area contributed by atoms with Gasteiger partial charge in [0.15, 0.2) is 0 Å². The predicted molar refractivity (Wildman–Crippen MR) is 57.4 cm³/mol. The highest BCUT2D eigenvalue weighted by Gasteiger charge is 2.21. The van der Waals surface area contributed by atoms with E-state index in [0.717, 1.165) is 0 Å². The molecule has 7 heteroatoms. The lowest BCUT2D eigenvalue weighted by Gasteiger charge is -2.07. The molecule has 0 radical (unpaired) electrons. The quantitative estimate of drug-likeness (QED) is 0.597. The average molecular weight is 241 g/mol. The predicted octanol–water partition coefficient (Wildman–Crippen LogP) is 1.46. The van der Waals surface area contributed by atoms with Crippen LogP contribution in [0.2, 0.25) is 0 Å². The molecule has 7 nitrogen and oxygen atoms in total. The summed E-state index contributed by atoms with van der Waals surface area (Å²) < 4.78 is 9.89. The monoisotopic (exact) mass is 241 g/mol. The van der Waals surface area contributed by atoms with Crippen molar-refractivity contribution in [3.05, 3.63) is 28.3 Å². The highest BCUT2D eigenvalue weighted by molar-refractivity contribution is 5.67. The van der Waals surface area contributed by atoms with E-state index in [2.05, 4.69) is 0 Å². The fraction of sp³-hybridized carbons (Fsp3) is 0.300. The lowest BCUT2D eigenvalue weighted by atomic mass is 10.2. The van der Waals surface area contributed by atoms with Gasteiger partial charge in [-0.2, -0.15) is 0 Å². The number of hydrogen-bond acceptors (Lipinski definition) is 5.